The number of likely N-dealkylation sites (tertiary alicyclic amines) is 1. The minimum Gasteiger partial charge on any atom is -0.317 e. The summed E-state index contributed by atoms with van der Waals surface area (Å²) in [5.41, 5.74) is 0. The summed E-state index contributed by atoms with van der Waals surface area (Å²) < 4.78 is 0. The van der Waals surface area contributed by atoms with Crippen molar-refractivity contribution in [1.82, 2.24) is 10.2 Å². The zero-order valence-electron chi connectivity index (χ0n) is 12.0. The summed E-state index contributed by atoms with van der Waals surface area (Å²) in [6.45, 7) is 7.78. The van der Waals surface area contributed by atoms with E-state index in [0.717, 1.165) is 38.9 Å². The Morgan fingerprint density at radius 2 is 2.00 bits per heavy atom. The molecule has 2 heterocycles. The van der Waals surface area contributed by atoms with E-state index in [4.69, 9.17) is 0 Å². The summed E-state index contributed by atoms with van der Waals surface area (Å²) in [7, 11) is 0. The molecular weight excluding hydrogens is 224 g/mol. The van der Waals surface area contributed by atoms with Crippen LogP contribution in [0, 0.1) is 5.92 Å². The molecule has 1 N–H and O–H groups in total. The van der Waals surface area contributed by atoms with Gasteiger partial charge in [0.05, 0.1) is 6.04 Å². The molecule has 3 nitrogen and oxygen atoms in total. The number of carbonyl (C=O) groups is 1. The molecule has 0 aromatic rings. The van der Waals surface area contributed by atoms with E-state index >= 15 is 0 Å². The summed E-state index contributed by atoms with van der Waals surface area (Å²) in [5.74, 6) is 1.14. The molecule has 2 aliphatic rings. The Morgan fingerprint density at radius 1 is 1.28 bits per heavy atom. The SMILES string of the molecule is CC(C)CCC(=O)C1CCCN1C1CCNCC1. The van der Waals surface area contributed by atoms with Crippen LogP contribution in [0.2, 0.25) is 0 Å². The third-order valence-corrected chi connectivity index (χ3v) is 4.41. The van der Waals surface area contributed by atoms with Gasteiger partial charge in [0.25, 0.3) is 0 Å². The molecule has 0 spiro atoms. The van der Waals surface area contributed by atoms with E-state index in [1.165, 1.54) is 19.3 Å². The molecular formula is C15H28N2O. The van der Waals surface area contributed by atoms with Gasteiger partial charge in [0.15, 0.2) is 0 Å². The number of hydrogen-bond acceptors (Lipinski definition) is 3. The van der Waals surface area contributed by atoms with Gasteiger partial charge in [-0.3, -0.25) is 9.69 Å². The highest BCUT2D eigenvalue weighted by Gasteiger charge is 2.35. The molecule has 0 aromatic carbocycles. The molecule has 2 aliphatic heterocycles. The van der Waals surface area contributed by atoms with E-state index in [1.807, 2.05) is 0 Å². The molecule has 1 unspecified atom stereocenters. The van der Waals surface area contributed by atoms with Crippen molar-refractivity contribution in [2.75, 3.05) is 19.6 Å². The fourth-order valence-corrected chi connectivity index (χ4v) is 3.31. The van der Waals surface area contributed by atoms with Crippen molar-refractivity contribution in [1.29, 1.82) is 0 Å². The standard InChI is InChI=1S/C15H28N2O/c1-12(2)5-6-15(18)14-4-3-11-17(14)13-7-9-16-10-8-13/h12-14,16H,3-11H2,1-2H3. The minimum absolute atomic E-state index is 0.242. The largest absolute Gasteiger partial charge is 0.317 e. The first kappa shape index (κ1) is 14.0. The maximum atomic E-state index is 12.3. The van der Waals surface area contributed by atoms with Crippen LogP contribution >= 0.6 is 0 Å². The normalized spacial score (nSPS) is 26.9. The predicted molar refractivity (Wildman–Crippen MR) is 74.7 cm³/mol. The number of rotatable bonds is 5. The van der Waals surface area contributed by atoms with Crippen LogP contribution in [0.3, 0.4) is 0 Å². The lowest BCUT2D eigenvalue weighted by molar-refractivity contribution is -0.124. The van der Waals surface area contributed by atoms with E-state index in [1.54, 1.807) is 0 Å². The maximum Gasteiger partial charge on any atom is 0.149 e. The van der Waals surface area contributed by atoms with Crippen LogP contribution in [0.15, 0.2) is 0 Å². The zero-order chi connectivity index (χ0) is 13.0. The van der Waals surface area contributed by atoms with Crippen molar-refractivity contribution in [2.24, 2.45) is 5.92 Å². The number of hydrogen-bond donors (Lipinski definition) is 1. The molecule has 1 atom stereocenters. The van der Waals surface area contributed by atoms with E-state index in [2.05, 4.69) is 24.1 Å². The lowest BCUT2D eigenvalue weighted by Crippen LogP contribution is -2.47. The molecule has 2 rings (SSSR count). The Kier molecular flexibility index (Phi) is 5.19. The molecule has 18 heavy (non-hydrogen) atoms. The summed E-state index contributed by atoms with van der Waals surface area (Å²) in [6, 6.07) is 0.897. The molecule has 0 amide bonds. The molecule has 0 saturated carbocycles. The first-order valence-corrected chi connectivity index (χ1v) is 7.67. The summed E-state index contributed by atoms with van der Waals surface area (Å²) in [4.78, 5) is 14.9. The van der Waals surface area contributed by atoms with Crippen LogP contribution in [0.4, 0.5) is 0 Å². The quantitative estimate of drug-likeness (QED) is 0.814. The van der Waals surface area contributed by atoms with Crippen molar-refractivity contribution in [3.8, 4) is 0 Å². The molecule has 0 aliphatic carbocycles. The second-order valence-electron chi connectivity index (χ2n) is 6.28. The lowest BCUT2D eigenvalue weighted by atomic mass is 9.98. The van der Waals surface area contributed by atoms with E-state index in [0.29, 0.717) is 17.7 Å². The first-order valence-electron chi connectivity index (χ1n) is 7.67. The van der Waals surface area contributed by atoms with Gasteiger partial charge in [-0.05, 0) is 57.7 Å². The molecule has 2 saturated heterocycles. The van der Waals surface area contributed by atoms with Gasteiger partial charge in [-0.15, -0.1) is 0 Å². The van der Waals surface area contributed by atoms with Crippen LogP contribution in [-0.4, -0.2) is 42.4 Å². The molecule has 3 heteroatoms. The molecule has 0 radical (unpaired) electrons. The predicted octanol–water partition coefficient (Wildman–Crippen LogP) is 2.21. The van der Waals surface area contributed by atoms with Crippen LogP contribution < -0.4 is 5.32 Å². The van der Waals surface area contributed by atoms with E-state index in [-0.39, 0.29) is 6.04 Å². The minimum atomic E-state index is 0.242. The number of nitrogens with one attached hydrogen (secondary N) is 1. The molecule has 0 bridgehead atoms. The third-order valence-electron chi connectivity index (χ3n) is 4.41. The van der Waals surface area contributed by atoms with Gasteiger partial charge in [-0.1, -0.05) is 13.8 Å². The van der Waals surface area contributed by atoms with Crippen molar-refractivity contribution in [2.45, 2.75) is 64.5 Å². The molecule has 2 fully saturated rings. The highest BCUT2D eigenvalue weighted by molar-refractivity contribution is 5.84. The average Bonchev–Trinajstić information content (AvgIpc) is 2.86. The van der Waals surface area contributed by atoms with Gasteiger partial charge in [0.2, 0.25) is 0 Å². The molecule has 104 valence electrons. The van der Waals surface area contributed by atoms with Gasteiger partial charge in [0, 0.05) is 12.5 Å². The van der Waals surface area contributed by atoms with Gasteiger partial charge in [-0.2, -0.15) is 0 Å². The smallest absolute Gasteiger partial charge is 0.149 e. The topological polar surface area (TPSA) is 32.3 Å². The van der Waals surface area contributed by atoms with Gasteiger partial charge >= 0.3 is 0 Å². The Balaban J connectivity index is 1.87. The number of carbonyl (C=O) groups excluding carboxylic acids is 1. The number of nitrogens with zero attached hydrogens (tertiary/aromatic N) is 1. The van der Waals surface area contributed by atoms with Crippen LogP contribution in [0.25, 0.3) is 0 Å². The highest BCUT2D eigenvalue weighted by atomic mass is 16.1. The highest BCUT2D eigenvalue weighted by Crippen LogP contribution is 2.26. The van der Waals surface area contributed by atoms with Crippen molar-refractivity contribution >= 4 is 5.78 Å². The number of piperidine rings is 1. The fourth-order valence-electron chi connectivity index (χ4n) is 3.31. The Labute approximate surface area is 111 Å². The van der Waals surface area contributed by atoms with Crippen molar-refractivity contribution < 1.29 is 4.79 Å². The summed E-state index contributed by atoms with van der Waals surface area (Å²) >= 11 is 0. The second kappa shape index (κ2) is 6.67. The number of ketones is 1. The third kappa shape index (κ3) is 3.55. The van der Waals surface area contributed by atoms with E-state index < -0.39 is 0 Å². The second-order valence-corrected chi connectivity index (χ2v) is 6.28. The lowest BCUT2D eigenvalue weighted by Gasteiger charge is -2.35. The van der Waals surface area contributed by atoms with Crippen molar-refractivity contribution in [3.63, 3.8) is 0 Å². The van der Waals surface area contributed by atoms with Crippen LogP contribution in [0.1, 0.15) is 52.4 Å². The summed E-state index contributed by atoms with van der Waals surface area (Å²) in [6.07, 6.45) is 6.57. The van der Waals surface area contributed by atoms with Gasteiger partial charge < -0.3 is 5.32 Å². The monoisotopic (exact) mass is 252 g/mol. The number of Topliss-reactive ketones (excluding diaryl/α,β-unsaturated/α-hetero) is 1. The fraction of sp³-hybridized carbons (Fsp3) is 0.933. The van der Waals surface area contributed by atoms with Crippen LogP contribution in [0.5, 0.6) is 0 Å². The van der Waals surface area contributed by atoms with Gasteiger partial charge in [-0.25, -0.2) is 0 Å². The van der Waals surface area contributed by atoms with Crippen molar-refractivity contribution in [3.05, 3.63) is 0 Å². The Bertz CT molecular complexity index is 272. The van der Waals surface area contributed by atoms with Crippen LogP contribution in [-0.2, 0) is 4.79 Å². The first-order chi connectivity index (χ1) is 8.68. The maximum absolute atomic E-state index is 12.3. The Hall–Kier alpha value is -0.410. The molecule has 0 aromatic heterocycles. The van der Waals surface area contributed by atoms with Gasteiger partial charge in [0.1, 0.15) is 5.78 Å². The summed E-state index contributed by atoms with van der Waals surface area (Å²) in [5, 5.41) is 3.41. The average molecular weight is 252 g/mol. The zero-order valence-corrected chi connectivity index (χ0v) is 12.0. The Morgan fingerprint density at radius 3 is 2.67 bits per heavy atom. The van der Waals surface area contributed by atoms with E-state index in [9.17, 15) is 4.79 Å².